The topological polar surface area (TPSA) is 49.6 Å². The normalized spacial score (nSPS) is 10.2. The van der Waals surface area contributed by atoms with E-state index in [2.05, 4.69) is 16.3 Å². The number of nitrogens with zero attached hydrogens (tertiary/aromatic N) is 3. The number of hydrogen-bond acceptors (Lipinski definition) is 3. The smallest absolute Gasteiger partial charge is 0.152 e. The molecule has 0 aliphatic carbocycles. The summed E-state index contributed by atoms with van der Waals surface area (Å²) in [7, 11) is 0. The fraction of sp³-hybridized carbons (Fsp3) is 0. The quantitative estimate of drug-likeness (QED) is 0.701. The van der Waals surface area contributed by atoms with Gasteiger partial charge in [-0.15, -0.1) is 5.10 Å². The van der Waals surface area contributed by atoms with Gasteiger partial charge in [-0.25, -0.2) is 4.39 Å². The molecule has 3 rings (SSSR count). The van der Waals surface area contributed by atoms with Crippen LogP contribution >= 0.6 is 11.6 Å². The monoisotopic (exact) mass is 309 g/mol. The fourth-order valence-electron chi connectivity index (χ4n) is 2.23. The Bertz CT molecular complexity index is 887. The number of halogens is 2. The minimum absolute atomic E-state index is 0.265. The molecule has 0 aliphatic rings. The van der Waals surface area contributed by atoms with E-state index in [0.29, 0.717) is 16.7 Å². The Morgan fingerprint density at radius 3 is 2.59 bits per heavy atom. The summed E-state index contributed by atoms with van der Waals surface area (Å²) >= 11 is 5.84. The van der Waals surface area contributed by atoms with Gasteiger partial charge in [-0.1, -0.05) is 35.9 Å². The molecule has 0 N–H and O–H groups in total. The highest BCUT2D eigenvalue weighted by Gasteiger charge is 2.11. The largest absolute Gasteiger partial charge is 0.206 e. The van der Waals surface area contributed by atoms with E-state index in [1.165, 1.54) is 6.07 Å². The minimum Gasteiger partial charge on any atom is -0.206 e. The fourth-order valence-corrected chi connectivity index (χ4v) is 2.39. The van der Waals surface area contributed by atoms with Gasteiger partial charge in [0.1, 0.15) is 5.82 Å². The molecule has 1 aromatic heterocycles. The molecular formula is C17H9ClFN3. The van der Waals surface area contributed by atoms with Crippen LogP contribution in [0.3, 0.4) is 0 Å². The highest BCUT2D eigenvalue weighted by atomic mass is 35.5. The summed E-state index contributed by atoms with van der Waals surface area (Å²) < 4.78 is 14.2. The summed E-state index contributed by atoms with van der Waals surface area (Å²) in [6.07, 6.45) is 1.55. The van der Waals surface area contributed by atoms with Gasteiger partial charge in [0.05, 0.1) is 17.8 Å². The molecule has 0 atom stereocenters. The molecule has 0 radical (unpaired) electrons. The predicted octanol–water partition coefficient (Wildman–Crippen LogP) is 4.47. The van der Waals surface area contributed by atoms with Crippen molar-refractivity contribution in [1.29, 1.82) is 5.26 Å². The SMILES string of the molecule is N#Cc1ccccc1-c1cc(-c2cnnc(Cl)c2)ccc1F. The van der Waals surface area contributed by atoms with Crippen molar-refractivity contribution >= 4 is 11.6 Å². The van der Waals surface area contributed by atoms with Gasteiger partial charge < -0.3 is 0 Å². The van der Waals surface area contributed by atoms with Crippen LogP contribution in [-0.4, -0.2) is 10.2 Å². The van der Waals surface area contributed by atoms with Crippen LogP contribution in [-0.2, 0) is 0 Å². The van der Waals surface area contributed by atoms with Crippen LogP contribution in [0.5, 0.6) is 0 Å². The summed E-state index contributed by atoms with van der Waals surface area (Å²) in [6, 6.07) is 15.3. The summed E-state index contributed by atoms with van der Waals surface area (Å²) in [5, 5.41) is 16.9. The predicted molar refractivity (Wildman–Crippen MR) is 82.6 cm³/mol. The molecule has 0 aliphatic heterocycles. The van der Waals surface area contributed by atoms with E-state index < -0.39 is 0 Å². The molecule has 106 valence electrons. The summed E-state index contributed by atoms with van der Waals surface area (Å²) in [6.45, 7) is 0. The molecule has 3 nitrogen and oxygen atoms in total. The zero-order valence-electron chi connectivity index (χ0n) is 11.3. The van der Waals surface area contributed by atoms with Crippen LogP contribution in [0.4, 0.5) is 4.39 Å². The molecule has 5 heteroatoms. The number of aromatic nitrogens is 2. The van der Waals surface area contributed by atoms with E-state index >= 15 is 0 Å². The van der Waals surface area contributed by atoms with Crippen molar-refractivity contribution in [2.24, 2.45) is 0 Å². The van der Waals surface area contributed by atoms with Crippen LogP contribution in [0, 0.1) is 17.1 Å². The second kappa shape index (κ2) is 5.92. The maximum atomic E-state index is 14.2. The molecule has 3 aromatic rings. The van der Waals surface area contributed by atoms with Crippen LogP contribution in [0.15, 0.2) is 54.7 Å². The molecule has 0 fully saturated rings. The summed E-state index contributed by atoms with van der Waals surface area (Å²) in [5.74, 6) is -0.389. The van der Waals surface area contributed by atoms with Gasteiger partial charge in [0.2, 0.25) is 0 Å². The van der Waals surface area contributed by atoms with Crippen LogP contribution in [0.25, 0.3) is 22.3 Å². The molecular weight excluding hydrogens is 301 g/mol. The van der Waals surface area contributed by atoms with E-state index in [4.69, 9.17) is 11.6 Å². The van der Waals surface area contributed by atoms with Gasteiger partial charge >= 0.3 is 0 Å². The van der Waals surface area contributed by atoms with Gasteiger partial charge in [-0.2, -0.15) is 10.4 Å². The first-order valence-corrected chi connectivity index (χ1v) is 6.84. The lowest BCUT2D eigenvalue weighted by Gasteiger charge is -2.08. The van der Waals surface area contributed by atoms with E-state index in [-0.39, 0.29) is 11.0 Å². The Balaban J connectivity index is 2.18. The lowest BCUT2D eigenvalue weighted by molar-refractivity contribution is 0.631. The van der Waals surface area contributed by atoms with Crippen molar-refractivity contribution in [2.45, 2.75) is 0 Å². The molecule has 0 bridgehead atoms. The van der Waals surface area contributed by atoms with Crippen LogP contribution < -0.4 is 0 Å². The van der Waals surface area contributed by atoms with Crippen molar-refractivity contribution in [3.63, 3.8) is 0 Å². The average molecular weight is 310 g/mol. The number of nitriles is 1. The molecule has 0 unspecified atom stereocenters. The highest BCUT2D eigenvalue weighted by molar-refractivity contribution is 6.29. The maximum absolute atomic E-state index is 14.2. The Hall–Kier alpha value is -2.77. The van der Waals surface area contributed by atoms with E-state index in [9.17, 15) is 9.65 Å². The average Bonchev–Trinajstić information content (AvgIpc) is 2.55. The van der Waals surface area contributed by atoms with E-state index in [0.717, 1.165) is 11.1 Å². The lowest BCUT2D eigenvalue weighted by atomic mass is 9.96. The number of hydrogen-bond donors (Lipinski definition) is 0. The summed E-state index contributed by atoms with van der Waals surface area (Å²) in [4.78, 5) is 0. The third kappa shape index (κ3) is 2.67. The van der Waals surface area contributed by atoms with Crippen molar-refractivity contribution in [1.82, 2.24) is 10.2 Å². The Kier molecular flexibility index (Phi) is 3.82. The van der Waals surface area contributed by atoms with E-state index in [1.807, 2.05) is 0 Å². The van der Waals surface area contributed by atoms with Gasteiger partial charge in [0.25, 0.3) is 0 Å². The van der Waals surface area contributed by atoms with E-state index in [1.54, 1.807) is 48.7 Å². The Labute approximate surface area is 131 Å². The first kappa shape index (κ1) is 14.2. The van der Waals surface area contributed by atoms with Crippen molar-refractivity contribution in [3.05, 3.63) is 71.3 Å². The summed E-state index contributed by atoms with van der Waals surface area (Å²) in [5.41, 5.74) is 2.82. The Morgan fingerprint density at radius 2 is 1.82 bits per heavy atom. The van der Waals surface area contributed by atoms with Crippen molar-refractivity contribution in [3.8, 4) is 28.3 Å². The molecule has 2 aromatic carbocycles. The van der Waals surface area contributed by atoms with Crippen molar-refractivity contribution in [2.75, 3.05) is 0 Å². The zero-order chi connectivity index (χ0) is 15.5. The molecule has 0 saturated heterocycles. The first-order chi connectivity index (χ1) is 10.7. The molecule has 0 spiro atoms. The maximum Gasteiger partial charge on any atom is 0.152 e. The molecule has 0 amide bonds. The molecule has 0 saturated carbocycles. The molecule has 22 heavy (non-hydrogen) atoms. The first-order valence-electron chi connectivity index (χ1n) is 6.46. The standard InChI is InChI=1S/C17H9ClFN3/c18-17-8-13(10-21-22-17)11-5-6-16(19)15(7-11)14-4-2-1-3-12(14)9-20/h1-8,10H. The minimum atomic E-state index is -0.389. The van der Waals surface area contributed by atoms with Crippen molar-refractivity contribution < 1.29 is 4.39 Å². The van der Waals surface area contributed by atoms with Crippen LogP contribution in [0.1, 0.15) is 5.56 Å². The van der Waals surface area contributed by atoms with Gasteiger partial charge in [0.15, 0.2) is 5.15 Å². The second-order valence-electron chi connectivity index (χ2n) is 4.62. The van der Waals surface area contributed by atoms with Crippen LogP contribution in [0.2, 0.25) is 5.15 Å². The third-order valence-electron chi connectivity index (χ3n) is 3.26. The number of rotatable bonds is 2. The number of benzene rings is 2. The second-order valence-corrected chi connectivity index (χ2v) is 5.01. The Morgan fingerprint density at radius 1 is 1.00 bits per heavy atom. The van der Waals surface area contributed by atoms with Gasteiger partial charge in [0, 0.05) is 16.7 Å². The van der Waals surface area contributed by atoms with Gasteiger partial charge in [-0.3, -0.25) is 0 Å². The lowest BCUT2D eigenvalue weighted by Crippen LogP contribution is -1.91. The molecule has 1 heterocycles. The highest BCUT2D eigenvalue weighted by Crippen LogP contribution is 2.31. The zero-order valence-corrected chi connectivity index (χ0v) is 12.0. The van der Waals surface area contributed by atoms with Gasteiger partial charge in [-0.05, 0) is 29.8 Å². The third-order valence-corrected chi connectivity index (χ3v) is 3.45.